The van der Waals surface area contributed by atoms with E-state index < -0.39 is 6.03 Å². The lowest BCUT2D eigenvalue weighted by atomic mass is 10.1. The molecular formula is C17H16N6O. The summed E-state index contributed by atoms with van der Waals surface area (Å²) in [6.45, 7) is 0.630. The van der Waals surface area contributed by atoms with E-state index in [0.29, 0.717) is 6.54 Å². The van der Waals surface area contributed by atoms with Crippen LogP contribution in [0.25, 0.3) is 11.3 Å². The van der Waals surface area contributed by atoms with Gasteiger partial charge in [0.05, 0.1) is 12.8 Å². The number of hydrazone groups is 1. The zero-order chi connectivity index (χ0) is 16.8. The molecule has 0 fully saturated rings. The van der Waals surface area contributed by atoms with E-state index in [2.05, 4.69) is 20.6 Å². The second-order valence-electron chi connectivity index (χ2n) is 5.09. The maximum absolute atomic E-state index is 10.8. The molecular weight excluding hydrogens is 304 g/mol. The largest absolute Gasteiger partial charge is 0.350 e. The molecule has 7 heteroatoms. The van der Waals surface area contributed by atoms with Crippen LogP contribution in [0.2, 0.25) is 0 Å². The predicted octanol–water partition coefficient (Wildman–Crippen LogP) is 2.00. The van der Waals surface area contributed by atoms with Gasteiger partial charge < -0.3 is 5.73 Å². The number of nitrogens with one attached hydrogen (secondary N) is 1. The van der Waals surface area contributed by atoms with E-state index in [1.807, 2.05) is 53.3 Å². The summed E-state index contributed by atoms with van der Waals surface area (Å²) >= 11 is 0. The van der Waals surface area contributed by atoms with Gasteiger partial charge in [0, 0.05) is 29.7 Å². The van der Waals surface area contributed by atoms with Crippen LogP contribution >= 0.6 is 0 Å². The van der Waals surface area contributed by atoms with Crippen LogP contribution in [-0.4, -0.2) is 27.0 Å². The van der Waals surface area contributed by atoms with Crippen LogP contribution in [-0.2, 0) is 6.54 Å². The summed E-state index contributed by atoms with van der Waals surface area (Å²) in [5.74, 6) is 0. The predicted molar refractivity (Wildman–Crippen MR) is 91.3 cm³/mol. The molecule has 2 amide bonds. The van der Waals surface area contributed by atoms with E-state index in [1.54, 1.807) is 12.4 Å². The molecule has 0 saturated heterocycles. The van der Waals surface area contributed by atoms with Gasteiger partial charge in [0.15, 0.2) is 0 Å². The van der Waals surface area contributed by atoms with Crippen molar-refractivity contribution >= 4 is 12.2 Å². The number of primary amides is 1. The first-order chi connectivity index (χ1) is 11.7. The summed E-state index contributed by atoms with van der Waals surface area (Å²) in [5.41, 5.74) is 10.7. The van der Waals surface area contributed by atoms with Crippen molar-refractivity contribution < 1.29 is 4.79 Å². The Kier molecular flexibility index (Phi) is 4.62. The van der Waals surface area contributed by atoms with Crippen LogP contribution in [0.5, 0.6) is 0 Å². The number of urea groups is 1. The van der Waals surface area contributed by atoms with Gasteiger partial charge in [-0.3, -0.25) is 9.67 Å². The van der Waals surface area contributed by atoms with Crippen LogP contribution in [0.3, 0.4) is 0 Å². The van der Waals surface area contributed by atoms with E-state index in [1.165, 1.54) is 6.21 Å². The molecule has 0 aliphatic heterocycles. The van der Waals surface area contributed by atoms with E-state index in [-0.39, 0.29) is 0 Å². The number of nitrogens with two attached hydrogens (primary N) is 1. The number of carbonyl (C=O) groups is 1. The molecule has 0 atom stereocenters. The molecule has 24 heavy (non-hydrogen) atoms. The van der Waals surface area contributed by atoms with Crippen molar-refractivity contribution in [1.29, 1.82) is 0 Å². The normalized spacial score (nSPS) is 10.8. The van der Waals surface area contributed by atoms with Gasteiger partial charge in [-0.1, -0.05) is 30.3 Å². The number of carbonyl (C=O) groups excluding carboxylic acids is 1. The Morgan fingerprint density at radius 3 is 2.79 bits per heavy atom. The van der Waals surface area contributed by atoms with E-state index >= 15 is 0 Å². The number of rotatable bonds is 5. The van der Waals surface area contributed by atoms with Crippen molar-refractivity contribution in [2.75, 3.05) is 0 Å². The highest BCUT2D eigenvalue weighted by Gasteiger charge is 2.10. The zero-order valence-electron chi connectivity index (χ0n) is 12.8. The molecule has 0 radical (unpaired) electrons. The number of pyridine rings is 1. The van der Waals surface area contributed by atoms with Crippen LogP contribution < -0.4 is 11.2 Å². The van der Waals surface area contributed by atoms with E-state index in [0.717, 1.165) is 22.4 Å². The van der Waals surface area contributed by atoms with E-state index in [9.17, 15) is 4.79 Å². The average molecular weight is 320 g/mol. The summed E-state index contributed by atoms with van der Waals surface area (Å²) in [6.07, 6.45) is 6.81. The molecule has 0 bridgehead atoms. The van der Waals surface area contributed by atoms with Crippen molar-refractivity contribution in [3.8, 4) is 11.3 Å². The third kappa shape index (κ3) is 3.83. The molecule has 3 aromatic rings. The topological polar surface area (TPSA) is 98.2 Å². The Morgan fingerprint density at radius 1 is 1.25 bits per heavy atom. The maximum atomic E-state index is 10.8. The SMILES string of the molecule is NC(=O)N/N=C/c1cn(Cc2ccccc2)nc1-c1cccnc1. The first kappa shape index (κ1) is 15.4. The fourth-order valence-corrected chi connectivity index (χ4v) is 2.28. The van der Waals surface area contributed by atoms with Crippen molar-refractivity contribution in [3.05, 3.63) is 72.2 Å². The first-order valence-corrected chi connectivity index (χ1v) is 7.32. The fraction of sp³-hybridized carbons (Fsp3) is 0.0588. The smallest absolute Gasteiger partial charge is 0.332 e. The molecule has 3 rings (SSSR count). The Bertz CT molecular complexity index is 842. The molecule has 0 saturated carbocycles. The number of amides is 2. The standard InChI is InChI=1S/C17H16N6O/c18-17(24)21-20-10-15-12-23(11-13-5-2-1-3-6-13)22-16(15)14-7-4-8-19-9-14/h1-10,12H,11H2,(H3,18,21,24)/b20-10+. The summed E-state index contributed by atoms with van der Waals surface area (Å²) in [7, 11) is 0. The molecule has 1 aromatic carbocycles. The number of benzene rings is 1. The molecule has 2 aromatic heterocycles. The Morgan fingerprint density at radius 2 is 2.08 bits per heavy atom. The summed E-state index contributed by atoms with van der Waals surface area (Å²) in [4.78, 5) is 14.9. The summed E-state index contributed by atoms with van der Waals surface area (Å²) in [5, 5.41) is 8.44. The van der Waals surface area contributed by atoms with Crippen LogP contribution in [0.15, 0.2) is 66.2 Å². The molecule has 2 heterocycles. The van der Waals surface area contributed by atoms with Gasteiger partial charge in [0.2, 0.25) is 0 Å². The third-order valence-electron chi connectivity index (χ3n) is 3.29. The average Bonchev–Trinajstić information content (AvgIpc) is 2.99. The second-order valence-corrected chi connectivity index (χ2v) is 5.09. The fourth-order valence-electron chi connectivity index (χ4n) is 2.28. The number of hydrogen-bond acceptors (Lipinski definition) is 4. The summed E-state index contributed by atoms with van der Waals surface area (Å²) in [6, 6.07) is 13.1. The lowest BCUT2D eigenvalue weighted by molar-refractivity contribution is 0.249. The van der Waals surface area contributed by atoms with E-state index in [4.69, 9.17) is 5.73 Å². The lowest BCUT2D eigenvalue weighted by Crippen LogP contribution is -2.24. The minimum Gasteiger partial charge on any atom is -0.350 e. The molecule has 0 aliphatic rings. The Balaban J connectivity index is 1.93. The quantitative estimate of drug-likeness (QED) is 0.555. The van der Waals surface area contributed by atoms with Gasteiger partial charge in [-0.25, -0.2) is 10.2 Å². The molecule has 120 valence electrons. The minimum atomic E-state index is -0.717. The Hall–Kier alpha value is -3.48. The van der Waals surface area contributed by atoms with Crippen LogP contribution in [0.1, 0.15) is 11.1 Å². The molecule has 0 aliphatic carbocycles. The van der Waals surface area contributed by atoms with Crippen LogP contribution in [0.4, 0.5) is 4.79 Å². The zero-order valence-corrected chi connectivity index (χ0v) is 12.8. The van der Waals surface area contributed by atoms with Crippen LogP contribution in [0, 0.1) is 0 Å². The number of hydrogen-bond donors (Lipinski definition) is 2. The van der Waals surface area contributed by atoms with Crippen molar-refractivity contribution in [3.63, 3.8) is 0 Å². The maximum Gasteiger partial charge on any atom is 0.332 e. The molecule has 0 spiro atoms. The van der Waals surface area contributed by atoms with Gasteiger partial charge in [-0.2, -0.15) is 10.2 Å². The van der Waals surface area contributed by atoms with Gasteiger partial charge in [0.1, 0.15) is 5.69 Å². The monoisotopic (exact) mass is 320 g/mol. The number of aromatic nitrogens is 3. The highest BCUT2D eigenvalue weighted by atomic mass is 16.2. The minimum absolute atomic E-state index is 0.630. The first-order valence-electron chi connectivity index (χ1n) is 7.32. The van der Waals surface area contributed by atoms with Gasteiger partial charge in [-0.05, 0) is 17.7 Å². The van der Waals surface area contributed by atoms with Crippen molar-refractivity contribution in [2.24, 2.45) is 10.8 Å². The highest BCUT2D eigenvalue weighted by Crippen LogP contribution is 2.20. The summed E-state index contributed by atoms with van der Waals surface area (Å²) < 4.78 is 1.82. The lowest BCUT2D eigenvalue weighted by Gasteiger charge is -2.01. The van der Waals surface area contributed by atoms with Gasteiger partial charge >= 0.3 is 6.03 Å². The second kappa shape index (κ2) is 7.19. The van der Waals surface area contributed by atoms with Crippen molar-refractivity contribution in [2.45, 2.75) is 6.54 Å². The Labute approximate surface area is 138 Å². The highest BCUT2D eigenvalue weighted by molar-refractivity contribution is 5.89. The van der Waals surface area contributed by atoms with Gasteiger partial charge in [-0.15, -0.1) is 0 Å². The molecule has 3 N–H and O–H groups in total. The molecule has 0 unspecified atom stereocenters. The van der Waals surface area contributed by atoms with Gasteiger partial charge in [0.25, 0.3) is 0 Å². The molecule has 7 nitrogen and oxygen atoms in total. The van der Waals surface area contributed by atoms with Crippen molar-refractivity contribution in [1.82, 2.24) is 20.2 Å². The third-order valence-corrected chi connectivity index (χ3v) is 3.29. The number of nitrogens with zero attached hydrogens (tertiary/aromatic N) is 4.